The fourth-order valence-electron chi connectivity index (χ4n) is 2.26. The molecule has 15 heavy (non-hydrogen) atoms. The second-order valence-electron chi connectivity index (χ2n) is 4.18. The van der Waals surface area contributed by atoms with E-state index in [1.807, 2.05) is 4.90 Å². The molecule has 2 bridgehead atoms. The van der Waals surface area contributed by atoms with Crippen LogP contribution in [0.15, 0.2) is 24.0 Å². The second kappa shape index (κ2) is 3.68. The molecule has 0 aromatic heterocycles. The summed E-state index contributed by atoms with van der Waals surface area (Å²) in [7, 11) is 0. The van der Waals surface area contributed by atoms with Gasteiger partial charge in [0.1, 0.15) is 0 Å². The molecule has 2 heterocycles. The van der Waals surface area contributed by atoms with Crippen LogP contribution < -0.4 is 0 Å². The first kappa shape index (κ1) is 10.2. The van der Waals surface area contributed by atoms with Gasteiger partial charge >= 0.3 is 0 Å². The minimum atomic E-state index is -1.42. The standard InChI is InChI=1S/C11H15FN2O/c1-8-3-11-6-13(4-8)9(2)14(11)5-10(12)7-15/h3,7,10-11H,2,4-6H2,1H3. The summed E-state index contributed by atoms with van der Waals surface area (Å²) >= 11 is 0. The lowest BCUT2D eigenvalue weighted by Gasteiger charge is -2.23. The molecule has 3 nitrogen and oxygen atoms in total. The lowest BCUT2D eigenvalue weighted by Crippen LogP contribution is -2.34. The zero-order valence-corrected chi connectivity index (χ0v) is 8.82. The maximum Gasteiger partial charge on any atom is 0.172 e. The molecule has 0 radical (unpaired) electrons. The van der Waals surface area contributed by atoms with E-state index >= 15 is 0 Å². The van der Waals surface area contributed by atoms with Gasteiger partial charge in [0, 0.05) is 13.1 Å². The van der Waals surface area contributed by atoms with E-state index in [2.05, 4.69) is 24.5 Å². The summed E-state index contributed by atoms with van der Waals surface area (Å²) in [6, 6.07) is 0.185. The molecule has 0 amide bonds. The number of hydrogen-bond donors (Lipinski definition) is 0. The van der Waals surface area contributed by atoms with Gasteiger partial charge in [-0.3, -0.25) is 0 Å². The van der Waals surface area contributed by atoms with Crippen LogP contribution in [-0.4, -0.2) is 47.9 Å². The van der Waals surface area contributed by atoms with Gasteiger partial charge < -0.3 is 14.6 Å². The van der Waals surface area contributed by atoms with Crippen molar-refractivity contribution in [3.8, 4) is 0 Å². The van der Waals surface area contributed by atoms with Crippen LogP contribution in [0.25, 0.3) is 0 Å². The van der Waals surface area contributed by atoms with Gasteiger partial charge in [-0.15, -0.1) is 0 Å². The first-order chi connectivity index (χ1) is 7.11. The van der Waals surface area contributed by atoms with Crippen molar-refractivity contribution in [2.75, 3.05) is 19.6 Å². The molecular formula is C11H15FN2O. The molecule has 2 unspecified atom stereocenters. The van der Waals surface area contributed by atoms with Crippen molar-refractivity contribution in [1.82, 2.24) is 9.80 Å². The summed E-state index contributed by atoms with van der Waals surface area (Å²) in [5.41, 5.74) is 1.27. The third-order valence-electron chi connectivity index (χ3n) is 2.94. The molecular weight excluding hydrogens is 195 g/mol. The molecule has 0 N–H and O–H groups in total. The lowest BCUT2D eigenvalue weighted by atomic mass is 10.1. The van der Waals surface area contributed by atoms with Crippen LogP contribution in [0.3, 0.4) is 0 Å². The number of alkyl halides is 1. The van der Waals surface area contributed by atoms with Gasteiger partial charge in [-0.25, -0.2) is 4.39 Å². The van der Waals surface area contributed by atoms with Crippen LogP contribution in [0.4, 0.5) is 4.39 Å². The monoisotopic (exact) mass is 210 g/mol. The number of halogens is 1. The van der Waals surface area contributed by atoms with Crippen molar-refractivity contribution in [2.45, 2.75) is 19.1 Å². The molecule has 2 atom stereocenters. The number of nitrogens with zero attached hydrogens (tertiary/aromatic N) is 2. The van der Waals surface area contributed by atoms with Gasteiger partial charge in [0.05, 0.1) is 18.4 Å². The Morgan fingerprint density at radius 1 is 1.80 bits per heavy atom. The van der Waals surface area contributed by atoms with Gasteiger partial charge in [-0.1, -0.05) is 18.2 Å². The Labute approximate surface area is 88.8 Å². The highest BCUT2D eigenvalue weighted by Gasteiger charge is 2.35. The Morgan fingerprint density at radius 3 is 3.20 bits per heavy atom. The molecule has 0 saturated carbocycles. The summed E-state index contributed by atoms with van der Waals surface area (Å²) in [6.07, 6.45) is 1.06. The van der Waals surface area contributed by atoms with E-state index in [1.165, 1.54) is 5.57 Å². The Kier molecular flexibility index (Phi) is 2.50. The van der Waals surface area contributed by atoms with Crippen molar-refractivity contribution in [3.05, 3.63) is 24.0 Å². The van der Waals surface area contributed by atoms with E-state index in [-0.39, 0.29) is 12.6 Å². The number of aldehydes is 1. The third kappa shape index (κ3) is 1.76. The van der Waals surface area contributed by atoms with E-state index in [4.69, 9.17) is 0 Å². The third-order valence-corrected chi connectivity index (χ3v) is 2.94. The number of rotatable bonds is 3. The number of carbonyl (C=O) groups excluding carboxylic acids is 1. The zero-order valence-electron chi connectivity index (χ0n) is 8.82. The molecule has 0 aromatic carbocycles. The van der Waals surface area contributed by atoms with Crippen molar-refractivity contribution >= 4 is 6.29 Å². The molecule has 2 aliphatic rings. The molecule has 0 spiro atoms. The summed E-state index contributed by atoms with van der Waals surface area (Å²) in [5, 5.41) is 0. The number of carbonyl (C=O) groups is 1. The quantitative estimate of drug-likeness (QED) is 0.511. The largest absolute Gasteiger partial charge is 0.352 e. The van der Waals surface area contributed by atoms with E-state index < -0.39 is 6.17 Å². The fraction of sp³-hybridized carbons (Fsp3) is 0.545. The van der Waals surface area contributed by atoms with Crippen molar-refractivity contribution < 1.29 is 9.18 Å². The van der Waals surface area contributed by atoms with Crippen LogP contribution in [0.2, 0.25) is 0 Å². The Morgan fingerprint density at radius 2 is 2.53 bits per heavy atom. The van der Waals surface area contributed by atoms with Gasteiger partial charge in [0.2, 0.25) is 0 Å². The second-order valence-corrected chi connectivity index (χ2v) is 4.18. The van der Waals surface area contributed by atoms with E-state index in [0.29, 0.717) is 6.29 Å². The molecule has 2 rings (SSSR count). The van der Waals surface area contributed by atoms with Gasteiger partial charge in [0.15, 0.2) is 12.5 Å². The van der Waals surface area contributed by atoms with Crippen LogP contribution in [0, 0.1) is 0 Å². The summed E-state index contributed by atoms with van der Waals surface area (Å²) in [4.78, 5) is 14.3. The molecule has 1 saturated heterocycles. The van der Waals surface area contributed by atoms with Gasteiger partial charge in [0.25, 0.3) is 0 Å². The van der Waals surface area contributed by atoms with E-state index in [0.717, 1.165) is 18.9 Å². The van der Waals surface area contributed by atoms with Crippen molar-refractivity contribution in [2.24, 2.45) is 0 Å². The van der Waals surface area contributed by atoms with E-state index in [1.54, 1.807) is 0 Å². The molecule has 0 aliphatic carbocycles. The fourth-order valence-corrected chi connectivity index (χ4v) is 2.26. The normalized spacial score (nSPS) is 26.7. The summed E-state index contributed by atoms with van der Waals surface area (Å²) < 4.78 is 13.0. The molecule has 4 heteroatoms. The summed E-state index contributed by atoms with van der Waals surface area (Å²) in [5.74, 6) is 0.831. The van der Waals surface area contributed by atoms with E-state index in [9.17, 15) is 9.18 Å². The van der Waals surface area contributed by atoms with Crippen LogP contribution in [0.5, 0.6) is 0 Å². The van der Waals surface area contributed by atoms with Crippen LogP contribution in [-0.2, 0) is 4.79 Å². The SMILES string of the molecule is C=C1N2CC(C)=CC(C2)N1CC(F)C=O. The van der Waals surface area contributed by atoms with Gasteiger partial charge in [-0.05, 0) is 6.92 Å². The molecule has 82 valence electrons. The minimum absolute atomic E-state index is 0.118. The zero-order chi connectivity index (χ0) is 11.0. The Balaban J connectivity index is 2.13. The predicted octanol–water partition coefficient (Wildman–Crippen LogP) is 0.941. The predicted molar refractivity (Wildman–Crippen MR) is 55.9 cm³/mol. The maximum absolute atomic E-state index is 13.0. The topological polar surface area (TPSA) is 23.6 Å². The first-order valence-corrected chi connectivity index (χ1v) is 5.09. The highest BCUT2D eigenvalue weighted by atomic mass is 19.1. The van der Waals surface area contributed by atoms with Crippen LogP contribution >= 0.6 is 0 Å². The molecule has 0 aromatic rings. The average Bonchev–Trinajstić information content (AvgIpc) is 2.42. The summed E-state index contributed by atoms with van der Waals surface area (Å²) in [6.45, 7) is 7.84. The maximum atomic E-state index is 13.0. The highest BCUT2D eigenvalue weighted by Crippen LogP contribution is 2.29. The van der Waals surface area contributed by atoms with Crippen molar-refractivity contribution in [1.29, 1.82) is 0 Å². The highest BCUT2D eigenvalue weighted by molar-refractivity contribution is 5.56. The number of fused-ring (bicyclic) bond motifs is 2. The molecule has 1 fully saturated rings. The van der Waals surface area contributed by atoms with Crippen LogP contribution in [0.1, 0.15) is 6.92 Å². The smallest absolute Gasteiger partial charge is 0.172 e. The Hall–Kier alpha value is -1.32. The Bertz CT molecular complexity index is 327. The minimum Gasteiger partial charge on any atom is -0.352 e. The van der Waals surface area contributed by atoms with Gasteiger partial charge in [-0.2, -0.15) is 0 Å². The lowest BCUT2D eigenvalue weighted by molar-refractivity contribution is -0.112. The first-order valence-electron chi connectivity index (χ1n) is 5.09. The number of hydrogen-bond acceptors (Lipinski definition) is 3. The molecule has 2 aliphatic heterocycles. The van der Waals surface area contributed by atoms with Crippen molar-refractivity contribution in [3.63, 3.8) is 0 Å². The average molecular weight is 210 g/mol.